The fourth-order valence-corrected chi connectivity index (χ4v) is 1.25. The lowest BCUT2D eigenvalue weighted by Gasteiger charge is -2.07. The molecular weight excluding hydrogens is 178 g/mol. The van der Waals surface area contributed by atoms with E-state index in [0.717, 1.165) is 5.75 Å². The Labute approximate surface area is 82.9 Å². The van der Waals surface area contributed by atoms with Crippen LogP contribution >= 0.6 is 0 Å². The van der Waals surface area contributed by atoms with Gasteiger partial charge in [-0.15, -0.1) is 0 Å². The molecule has 1 fully saturated rings. The first-order chi connectivity index (χ1) is 6.74. The van der Waals surface area contributed by atoms with Crippen LogP contribution < -0.4 is 4.74 Å². The molecule has 2 atom stereocenters. The van der Waals surface area contributed by atoms with Crippen LogP contribution in [0.2, 0.25) is 0 Å². The zero-order valence-electron chi connectivity index (χ0n) is 7.93. The molecule has 1 aliphatic rings. The Balaban J connectivity index is 1.88. The van der Waals surface area contributed by atoms with Gasteiger partial charge in [0.05, 0.1) is 6.07 Å². The number of epoxide rings is 1. The van der Waals surface area contributed by atoms with Crippen LogP contribution in [0, 0.1) is 11.3 Å². The summed E-state index contributed by atoms with van der Waals surface area (Å²) in [4.78, 5) is 0. The van der Waals surface area contributed by atoms with Gasteiger partial charge in [0.25, 0.3) is 0 Å². The number of benzene rings is 1. The standard InChI is InChI=1S/C11H11NO2/c1-11(10(7-12)14-11)8-13-9-5-3-2-4-6-9/h2-6,10H,8H2,1H3. The zero-order chi connectivity index (χ0) is 10.0. The number of ether oxygens (including phenoxy) is 2. The molecule has 0 aromatic heterocycles. The summed E-state index contributed by atoms with van der Waals surface area (Å²) in [5, 5.41) is 8.61. The largest absolute Gasteiger partial charge is 0.490 e. The maximum absolute atomic E-state index is 8.61. The topological polar surface area (TPSA) is 45.5 Å². The minimum atomic E-state index is -0.412. The average Bonchev–Trinajstić information content (AvgIpc) is 2.89. The Morgan fingerprint density at radius 2 is 2.21 bits per heavy atom. The molecule has 1 heterocycles. The highest BCUT2D eigenvalue weighted by molar-refractivity contribution is 5.22. The average molecular weight is 189 g/mol. The predicted molar refractivity (Wildman–Crippen MR) is 50.8 cm³/mol. The van der Waals surface area contributed by atoms with Gasteiger partial charge in [0.2, 0.25) is 0 Å². The fraction of sp³-hybridized carbons (Fsp3) is 0.364. The lowest BCUT2D eigenvalue weighted by atomic mass is 10.1. The SMILES string of the molecule is CC1(COc2ccccc2)OC1C#N. The highest BCUT2D eigenvalue weighted by Crippen LogP contribution is 2.35. The summed E-state index contributed by atoms with van der Waals surface area (Å²) in [6, 6.07) is 11.6. The second-order valence-electron chi connectivity index (χ2n) is 3.54. The van der Waals surface area contributed by atoms with E-state index in [4.69, 9.17) is 14.7 Å². The monoisotopic (exact) mass is 189 g/mol. The fourth-order valence-electron chi connectivity index (χ4n) is 1.25. The second kappa shape index (κ2) is 3.32. The van der Waals surface area contributed by atoms with Gasteiger partial charge >= 0.3 is 0 Å². The molecule has 72 valence electrons. The first-order valence-corrected chi connectivity index (χ1v) is 4.50. The maximum atomic E-state index is 8.61. The summed E-state index contributed by atoms with van der Waals surface area (Å²) in [6.45, 7) is 2.30. The molecule has 1 aromatic rings. The molecule has 1 aromatic carbocycles. The highest BCUT2D eigenvalue weighted by Gasteiger charge is 2.53. The number of nitriles is 1. The van der Waals surface area contributed by atoms with Crippen molar-refractivity contribution < 1.29 is 9.47 Å². The Hall–Kier alpha value is -1.53. The van der Waals surface area contributed by atoms with Gasteiger partial charge in [-0.3, -0.25) is 0 Å². The van der Waals surface area contributed by atoms with Crippen LogP contribution in [0.4, 0.5) is 0 Å². The van der Waals surface area contributed by atoms with E-state index in [1.54, 1.807) is 0 Å². The van der Waals surface area contributed by atoms with E-state index >= 15 is 0 Å². The van der Waals surface area contributed by atoms with Gasteiger partial charge in [0.15, 0.2) is 6.10 Å². The van der Waals surface area contributed by atoms with E-state index < -0.39 is 5.60 Å². The van der Waals surface area contributed by atoms with Crippen LogP contribution in [-0.2, 0) is 4.74 Å². The van der Waals surface area contributed by atoms with Crippen molar-refractivity contribution in [3.05, 3.63) is 30.3 Å². The third kappa shape index (κ3) is 1.70. The maximum Gasteiger partial charge on any atom is 0.176 e. The van der Waals surface area contributed by atoms with Gasteiger partial charge in [0, 0.05) is 0 Å². The summed E-state index contributed by atoms with van der Waals surface area (Å²) in [5.41, 5.74) is -0.412. The van der Waals surface area contributed by atoms with E-state index in [-0.39, 0.29) is 6.10 Å². The Bertz CT molecular complexity index is 357. The molecule has 3 heteroatoms. The van der Waals surface area contributed by atoms with Gasteiger partial charge in [-0.05, 0) is 19.1 Å². The van der Waals surface area contributed by atoms with Crippen molar-refractivity contribution >= 4 is 0 Å². The predicted octanol–water partition coefficient (Wildman–Crippen LogP) is 1.75. The van der Waals surface area contributed by atoms with Crippen molar-refractivity contribution in [3.8, 4) is 11.8 Å². The molecule has 0 bridgehead atoms. The summed E-state index contributed by atoms with van der Waals surface area (Å²) < 4.78 is 10.7. The molecule has 0 N–H and O–H groups in total. The first-order valence-electron chi connectivity index (χ1n) is 4.50. The molecule has 0 spiro atoms. The van der Waals surface area contributed by atoms with Crippen LogP contribution in [0.1, 0.15) is 6.92 Å². The summed E-state index contributed by atoms with van der Waals surface area (Å²) in [7, 11) is 0. The molecule has 1 saturated heterocycles. The molecule has 0 saturated carbocycles. The third-order valence-electron chi connectivity index (χ3n) is 2.27. The van der Waals surface area contributed by atoms with Gasteiger partial charge in [-0.25, -0.2) is 0 Å². The van der Waals surface area contributed by atoms with E-state index in [2.05, 4.69) is 6.07 Å². The van der Waals surface area contributed by atoms with Crippen LogP contribution in [0.3, 0.4) is 0 Å². The van der Waals surface area contributed by atoms with Crippen molar-refractivity contribution in [1.29, 1.82) is 5.26 Å². The van der Waals surface area contributed by atoms with Gasteiger partial charge in [-0.1, -0.05) is 18.2 Å². The highest BCUT2D eigenvalue weighted by atomic mass is 16.6. The molecular formula is C11H11NO2. The van der Waals surface area contributed by atoms with Crippen LogP contribution in [0.15, 0.2) is 30.3 Å². The summed E-state index contributed by atoms with van der Waals surface area (Å²) in [5.74, 6) is 0.806. The van der Waals surface area contributed by atoms with Gasteiger partial charge in [-0.2, -0.15) is 5.26 Å². The number of para-hydroxylation sites is 1. The smallest absolute Gasteiger partial charge is 0.176 e. The second-order valence-corrected chi connectivity index (χ2v) is 3.54. The van der Waals surface area contributed by atoms with Crippen molar-refractivity contribution in [2.24, 2.45) is 0 Å². The van der Waals surface area contributed by atoms with Crippen molar-refractivity contribution in [3.63, 3.8) is 0 Å². The Morgan fingerprint density at radius 1 is 1.50 bits per heavy atom. The molecule has 0 amide bonds. The van der Waals surface area contributed by atoms with Crippen LogP contribution in [0.5, 0.6) is 5.75 Å². The van der Waals surface area contributed by atoms with Crippen LogP contribution in [0.25, 0.3) is 0 Å². The number of hydrogen-bond acceptors (Lipinski definition) is 3. The molecule has 14 heavy (non-hydrogen) atoms. The van der Waals surface area contributed by atoms with Crippen LogP contribution in [-0.4, -0.2) is 18.3 Å². The lowest BCUT2D eigenvalue weighted by Crippen LogP contribution is -2.19. The van der Waals surface area contributed by atoms with Crippen molar-refractivity contribution in [2.45, 2.75) is 18.6 Å². The molecule has 2 rings (SSSR count). The summed E-state index contributed by atoms with van der Waals surface area (Å²) in [6.07, 6.45) is -0.314. The van der Waals surface area contributed by atoms with Crippen molar-refractivity contribution in [2.75, 3.05) is 6.61 Å². The third-order valence-corrected chi connectivity index (χ3v) is 2.27. The number of rotatable bonds is 3. The summed E-state index contributed by atoms with van der Waals surface area (Å²) >= 11 is 0. The minimum absolute atomic E-state index is 0.314. The van der Waals surface area contributed by atoms with Gasteiger partial charge < -0.3 is 9.47 Å². The molecule has 0 radical (unpaired) electrons. The van der Waals surface area contributed by atoms with E-state index in [9.17, 15) is 0 Å². The molecule has 3 nitrogen and oxygen atoms in total. The number of nitrogens with zero attached hydrogens (tertiary/aromatic N) is 1. The molecule has 2 unspecified atom stereocenters. The minimum Gasteiger partial charge on any atom is -0.490 e. The number of hydrogen-bond donors (Lipinski definition) is 0. The Morgan fingerprint density at radius 3 is 2.79 bits per heavy atom. The quantitative estimate of drug-likeness (QED) is 0.680. The normalized spacial score (nSPS) is 29.3. The first kappa shape index (κ1) is 9.04. The van der Waals surface area contributed by atoms with E-state index in [0.29, 0.717) is 6.61 Å². The van der Waals surface area contributed by atoms with E-state index in [1.165, 1.54) is 0 Å². The lowest BCUT2D eigenvalue weighted by molar-refractivity contribution is 0.202. The van der Waals surface area contributed by atoms with Gasteiger partial charge in [0.1, 0.15) is 18.0 Å². The van der Waals surface area contributed by atoms with E-state index in [1.807, 2.05) is 37.3 Å². The molecule has 1 aliphatic heterocycles. The molecule has 0 aliphatic carbocycles. The Kier molecular flexibility index (Phi) is 2.14. The van der Waals surface area contributed by atoms with Crippen molar-refractivity contribution in [1.82, 2.24) is 0 Å². The zero-order valence-corrected chi connectivity index (χ0v) is 7.93.